The molecule has 1 aromatic carbocycles. The molecule has 0 aliphatic carbocycles. The molecule has 2 aromatic rings. The lowest BCUT2D eigenvalue weighted by molar-refractivity contribution is -0.115. The van der Waals surface area contributed by atoms with Gasteiger partial charge in [0.25, 0.3) is 0 Å². The molecule has 1 amide bonds. The molecule has 0 saturated heterocycles. The Morgan fingerprint density at radius 3 is 2.85 bits per heavy atom. The molecule has 1 aromatic heterocycles. The molecule has 0 unspecified atom stereocenters. The van der Waals surface area contributed by atoms with Gasteiger partial charge in [0.2, 0.25) is 5.91 Å². The summed E-state index contributed by atoms with van der Waals surface area (Å²) in [6, 6.07) is 8.87. The number of thiophene rings is 1. The molecule has 104 valence electrons. The van der Waals surface area contributed by atoms with Gasteiger partial charge in [-0.15, -0.1) is 11.3 Å². The van der Waals surface area contributed by atoms with Crippen LogP contribution >= 0.6 is 27.3 Å². The Bertz CT molecular complexity index is 641. The highest BCUT2D eigenvalue weighted by Gasteiger charge is 2.09. The number of benzene rings is 1. The van der Waals surface area contributed by atoms with Gasteiger partial charge in [0, 0.05) is 14.9 Å². The average molecular weight is 354 g/mol. The van der Waals surface area contributed by atoms with Gasteiger partial charge in [-0.25, -0.2) is 0 Å². The molecule has 0 bridgehead atoms. The van der Waals surface area contributed by atoms with E-state index in [-0.39, 0.29) is 11.7 Å². The lowest BCUT2D eigenvalue weighted by Crippen LogP contribution is -2.16. The number of hydrogen-bond donors (Lipinski definition) is 3. The Morgan fingerprint density at radius 1 is 1.45 bits per heavy atom. The highest BCUT2D eigenvalue weighted by molar-refractivity contribution is 9.10. The minimum atomic E-state index is -0.0929. The third kappa shape index (κ3) is 3.58. The van der Waals surface area contributed by atoms with E-state index in [0.29, 0.717) is 22.1 Å². The number of nitrogens with one attached hydrogen (secondary N) is 1. The number of carbonyl (C=O) groups is 1. The molecule has 0 aliphatic heterocycles. The lowest BCUT2D eigenvalue weighted by Gasteiger charge is -2.08. The number of nitrogens with two attached hydrogens (primary N) is 1. The van der Waals surface area contributed by atoms with Crippen LogP contribution < -0.4 is 11.1 Å². The third-order valence-electron chi connectivity index (χ3n) is 2.56. The van der Waals surface area contributed by atoms with Crippen molar-refractivity contribution in [2.45, 2.75) is 6.42 Å². The van der Waals surface area contributed by atoms with Crippen molar-refractivity contribution in [1.29, 1.82) is 0 Å². The van der Waals surface area contributed by atoms with Gasteiger partial charge in [0.05, 0.1) is 12.1 Å². The molecule has 0 atom stereocenters. The van der Waals surface area contributed by atoms with E-state index in [1.54, 1.807) is 29.5 Å². The van der Waals surface area contributed by atoms with Gasteiger partial charge in [-0.3, -0.25) is 4.79 Å². The number of nitrogens with zero attached hydrogens (tertiary/aromatic N) is 1. The van der Waals surface area contributed by atoms with Crippen LogP contribution in [0.1, 0.15) is 10.4 Å². The number of carbonyl (C=O) groups excluding carboxylic acids is 1. The van der Waals surface area contributed by atoms with E-state index < -0.39 is 0 Å². The molecule has 0 radical (unpaired) electrons. The summed E-state index contributed by atoms with van der Waals surface area (Å²) in [4.78, 5) is 12.9. The fourth-order valence-electron chi connectivity index (χ4n) is 1.60. The lowest BCUT2D eigenvalue weighted by atomic mass is 10.2. The highest BCUT2D eigenvalue weighted by Crippen LogP contribution is 2.24. The largest absolute Gasteiger partial charge is 0.409 e. The second-order valence-electron chi connectivity index (χ2n) is 3.98. The van der Waals surface area contributed by atoms with Crippen molar-refractivity contribution in [3.63, 3.8) is 0 Å². The minimum Gasteiger partial charge on any atom is -0.409 e. The molecule has 1 heterocycles. The molecule has 0 aliphatic rings. The number of anilines is 1. The Balaban J connectivity index is 2.08. The molecular weight excluding hydrogens is 342 g/mol. The van der Waals surface area contributed by atoms with Gasteiger partial charge in [-0.2, -0.15) is 0 Å². The molecule has 7 heteroatoms. The Labute approximate surface area is 128 Å². The van der Waals surface area contributed by atoms with Crippen molar-refractivity contribution in [1.82, 2.24) is 0 Å². The molecule has 0 saturated carbocycles. The summed E-state index contributed by atoms with van der Waals surface area (Å²) < 4.78 is 0.668. The van der Waals surface area contributed by atoms with Crippen LogP contribution in [0.15, 0.2) is 45.3 Å². The first-order valence-corrected chi connectivity index (χ1v) is 7.37. The Kier molecular flexibility index (Phi) is 4.75. The summed E-state index contributed by atoms with van der Waals surface area (Å²) in [7, 11) is 0. The summed E-state index contributed by atoms with van der Waals surface area (Å²) in [5, 5.41) is 16.3. The van der Waals surface area contributed by atoms with E-state index in [1.807, 2.05) is 17.5 Å². The van der Waals surface area contributed by atoms with Crippen molar-refractivity contribution >= 4 is 44.7 Å². The summed E-state index contributed by atoms with van der Waals surface area (Å²) in [5.41, 5.74) is 6.70. The molecule has 4 N–H and O–H groups in total. The van der Waals surface area contributed by atoms with Gasteiger partial charge in [-0.1, -0.05) is 11.2 Å². The van der Waals surface area contributed by atoms with Crippen LogP contribution in [0.2, 0.25) is 0 Å². The standard InChI is InChI=1S/C13H12BrN3O2S/c14-10-6-8(13(15)17-19)3-4-11(10)16-12(18)7-9-2-1-5-20-9/h1-6,19H,7H2,(H2,15,17)(H,16,18). The van der Waals surface area contributed by atoms with E-state index in [4.69, 9.17) is 10.9 Å². The minimum absolute atomic E-state index is 0.0159. The van der Waals surface area contributed by atoms with Crippen molar-refractivity contribution in [2.24, 2.45) is 10.9 Å². The van der Waals surface area contributed by atoms with Crippen LogP contribution in [0.25, 0.3) is 0 Å². The third-order valence-corrected chi connectivity index (χ3v) is 4.09. The summed E-state index contributed by atoms with van der Waals surface area (Å²) >= 11 is 4.89. The zero-order chi connectivity index (χ0) is 14.5. The van der Waals surface area contributed by atoms with E-state index in [2.05, 4.69) is 26.4 Å². The number of rotatable bonds is 4. The summed E-state index contributed by atoms with van der Waals surface area (Å²) in [6.45, 7) is 0. The number of hydrogen-bond acceptors (Lipinski definition) is 4. The first-order valence-electron chi connectivity index (χ1n) is 5.70. The number of oxime groups is 1. The van der Waals surface area contributed by atoms with E-state index in [1.165, 1.54) is 0 Å². The van der Waals surface area contributed by atoms with Gasteiger partial charge in [0.1, 0.15) is 0 Å². The predicted molar refractivity (Wildman–Crippen MR) is 83.3 cm³/mol. The zero-order valence-corrected chi connectivity index (χ0v) is 12.7. The first kappa shape index (κ1) is 14.5. The van der Waals surface area contributed by atoms with E-state index >= 15 is 0 Å². The van der Waals surface area contributed by atoms with Crippen LogP contribution in [0.5, 0.6) is 0 Å². The number of amides is 1. The van der Waals surface area contributed by atoms with Gasteiger partial charge >= 0.3 is 0 Å². The molecular formula is C13H12BrN3O2S. The zero-order valence-electron chi connectivity index (χ0n) is 10.3. The van der Waals surface area contributed by atoms with Gasteiger partial charge < -0.3 is 16.3 Å². The Hall–Kier alpha value is -1.86. The fourth-order valence-corrected chi connectivity index (χ4v) is 2.78. The second kappa shape index (κ2) is 6.53. The van der Waals surface area contributed by atoms with Crippen LogP contribution in [0.4, 0.5) is 5.69 Å². The fraction of sp³-hybridized carbons (Fsp3) is 0.0769. The maximum Gasteiger partial charge on any atom is 0.229 e. The topological polar surface area (TPSA) is 87.7 Å². The van der Waals surface area contributed by atoms with Crippen molar-refractivity contribution < 1.29 is 10.0 Å². The van der Waals surface area contributed by atoms with Crippen LogP contribution in [0.3, 0.4) is 0 Å². The van der Waals surface area contributed by atoms with Gasteiger partial charge in [-0.05, 0) is 45.6 Å². The van der Waals surface area contributed by atoms with E-state index in [0.717, 1.165) is 4.88 Å². The van der Waals surface area contributed by atoms with Crippen molar-refractivity contribution in [3.8, 4) is 0 Å². The molecule has 0 fully saturated rings. The summed E-state index contributed by atoms with van der Waals surface area (Å²) in [6.07, 6.45) is 0.339. The molecule has 20 heavy (non-hydrogen) atoms. The molecule has 2 rings (SSSR count). The Morgan fingerprint density at radius 2 is 2.25 bits per heavy atom. The first-order chi connectivity index (χ1) is 9.60. The number of halogens is 1. The summed E-state index contributed by atoms with van der Waals surface area (Å²) in [5.74, 6) is -0.0770. The van der Waals surface area contributed by atoms with E-state index in [9.17, 15) is 4.79 Å². The maximum absolute atomic E-state index is 11.9. The maximum atomic E-state index is 11.9. The van der Waals surface area contributed by atoms with Gasteiger partial charge in [0.15, 0.2) is 5.84 Å². The average Bonchev–Trinajstić information content (AvgIpc) is 2.93. The van der Waals surface area contributed by atoms with Crippen molar-refractivity contribution in [2.75, 3.05) is 5.32 Å². The predicted octanol–water partition coefficient (Wildman–Crippen LogP) is 2.79. The van der Waals surface area contributed by atoms with Crippen molar-refractivity contribution in [3.05, 3.63) is 50.6 Å². The number of amidine groups is 1. The smallest absolute Gasteiger partial charge is 0.229 e. The monoisotopic (exact) mass is 353 g/mol. The van der Waals surface area contributed by atoms with Crippen LogP contribution in [-0.4, -0.2) is 17.0 Å². The normalized spacial score (nSPS) is 11.3. The second-order valence-corrected chi connectivity index (χ2v) is 5.87. The highest BCUT2D eigenvalue weighted by atomic mass is 79.9. The SMILES string of the molecule is N/C(=N/O)c1ccc(NC(=O)Cc2cccs2)c(Br)c1. The molecule has 0 spiro atoms. The quantitative estimate of drug-likeness (QED) is 0.341. The van der Waals surface area contributed by atoms with Crippen LogP contribution in [-0.2, 0) is 11.2 Å². The molecule has 5 nitrogen and oxygen atoms in total. The van der Waals surface area contributed by atoms with Crippen LogP contribution in [0, 0.1) is 0 Å².